The summed E-state index contributed by atoms with van der Waals surface area (Å²) in [5.74, 6) is 0.331. The van der Waals surface area contributed by atoms with Crippen molar-refractivity contribution in [3.05, 3.63) is 41.5 Å². The highest BCUT2D eigenvalue weighted by Crippen LogP contribution is 2.61. The smallest absolute Gasteiger partial charge is 0.302 e. The van der Waals surface area contributed by atoms with Crippen molar-refractivity contribution in [1.29, 1.82) is 0 Å². The number of fused-ring (bicyclic) bond motifs is 2. The molecule has 26 heavy (non-hydrogen) atoms. The Hall–Kier alpha value is -1.98. The Morgan fingerprint density at radius 3 is 3.00 bits per heavy atom. The molecule has 1 aromatic carbocycles. The number of rotatable bonds is 1. The summed E-state index contributed by atoms with van der Waals surface area (Å²) in [6.07, 6.45) is 3.36. The van der Waals surface area contributed by atoms with Crippen LogP contribution in [0.25, 0.3) is 0 Å². The second-order valence-electron chi connectivity index (χ2n) is 8.49. The van der Waals surface area contributed by atoms with Gasteiger partial charge in [0.2, 0.25) is 6.23 Å². The van der Waals surface area contributed by atoms with Crippen molar-refractivity contribution in [1.82, 2.24) is 0 Å². The number of ether oxygens (including phenoxy) is 1. The monoisotopic (exact) mass is 351 g/mol. The van der Waals surface area contributed by atoms with Crippen LogP contribution in [0.4, 0.5) is 5.69 Å². The second kappa shape index (κ2) is 4.65. The first-order chi connectivity index (χ1) is 12.6. The molecule has 0 aromatic heterocycles. The summed E-state index contributed by atoms with van der Waals surface area (Å²) in [6.45, 7) is 3.53. The molecule has 1 aromatic rings. The second-order valence-corrected chi connectivity index (χ2v) is 8.49. The maximum Gasteiger partial charge on any atom is 0.302 e. The number of hydrogen-bond acceptors (Lipinski definition) is 4. The number of allylic oxidation sites excluding steroid dienone is 1. The van der Waals surface area contributed by atoms with E-state index in [4.69, 9.17) is 9.73 Å². The quantitative estimate of drug-likeness (QED) is 0.584. The van der Waals surface area contributed by atoms with E-state index in [1.165, 1.54) is 17.4 Å². The van der Waals surface area contributed by atoms with Crippen LogP contribution in [0.5, 0.6) is 0 Å². The fourth-order valence-corrected chi connectivity index (χ4v) is 7.14. The van der Waals surface area contributed by atoms with Crippen LogP contribution in [0, 0.1) is 11.8 Å². The number of carbonyl (C=O) groups excluding carboxylic acids is 1. The molecule has 1 saturated carbocycles. The van der Waals surface area contributed by atoms with Gasteiger partial charge in [0.25, 0.3) is 0 Å². The molecule has 5 bridgehead atoms. The summed E-state index contributed by atoms with van der Waals surface area (Å²) in [6, 6.07) is 8.87. The molecule has 134 valence electrons. The zero-order valence-electron chi connectivity index (χ0n) is 15.0. The van der Waals surface area contributed by atoms with Gasteiger partial charge in [-0.25, -0.2) is 0 Å². The molecule has 0 radical (unpaired) electrons. The van der Waals surface area contributed by atoms with E-state index < -0.39 is 6.23 Å². The third-order valence-electron chi connectivity index (χ3n) is 7.73. The van der Waals surface area contributed by atoms with Crippen molar-refractivity contribution in [2.75, 3.05) is 0 Å². The molecule has 2 N–H and O–H groups in total. The van der Waals surface area contributed by atoms with Crippen molar-refractivity contribution in [3.8, 4) is 0 Å². The number of nitrogens with zero attached hydrogens (tertiary/aromatic N) is 1. The number of nitrogens with one attached hydrogen (secondary N) is 1. The van der Waals surface area contributed by atoms with Gasteiger partial charge >= 0.3 is 5.97 Å². The number of piperidine rings is 4. The average molecular weight is 351 g/mol. The number of carbonyl (C=O) groups is 1. The van der Waals surface area contributed by atoms with Crippen LogP contribution >= 0.6 is 0 Å². The number of esters is 1. The van der Waals surface area contributed by atoms with Crippen LogP contribution in [-0.2, 0) is 14.9 Å². The molecular formula is C21H23N2O3+. The van der Waals surface area contributed by atoms with Crippen LogP contribution in [0.3, 0.4) is 0 Å². The van der Waals surface area contributed by atoms with E-state index in [1.807, 2.05) is 13.0 Å². The van der Waals surface area contributed by atoms with Crippen molar-refractivity contribution in [3.63, 3.8) is 0 Å². The molecule has 1 aliphatic carbocycles. The molecule has 5 fully saturated rings. The Morgan fingerprint density at radius 2 is 2.23 bits per heavy atom. The first-order valence-corrected chi connectivity index (χ1v) is 9.64. The van der Waals surface area contributed by atoms with E-state index in [-0.39, 0.29) is 35.4 Å². The number of para-hydroxylation sites is 1. The van der Waals surface area contributed by atoms with Crippen molar-refractivity contribution in [2.24, 2.45) is 16.8 Å². The lowest BCUT2D eigenvalue weighted by Gasteiger charge is -2.54. The zero-order valence-corrected chi connectivity index (χ0v) is 15.0. The highest BCUT2D eigenvalue weighted by molar-refractivity contribution is 6.06. The van der Waals surface area contributed by atoms with Gasteiger partial charge in [0, 0.05) is 31.3 Å². The van der Waals surface area contributed by atoms with E-state index in [0.717, 1.165) is 29.8 Å². The predicted octanol–water partition coefficient (Wildman–Crippen LogP) is 0.896. The Labute approximate surface area is 152 Å². The zero-order chi connectivity index (χ0) is 17.8. The van der Waals surface area contributed by atoms with E-state index in [2.05, 4.69) is 24.3 Å². The molecule has 5 heterocycles. The van der Waals surface area contributed by atoms with E-state index in [1.54, 1.807) is 0 Å². The van der Waals surface area contributed by atoms with E-state index in [0.29, 0.717) is 6.04 Å². The highest BCUT2D eigenvalue weighted by atomic mass is 16.5. The summed E-state index contributed by atoms with van der Waals surface area (Å²) < 4.78 is 6.06. The van der Waals surface area contributed by atoms with Crippen molar-refractivity contribution < 1.29 is 19.5 Å². The Balaban J connectivity index is 1.62. The Kier molecular flexibility index (Phi) is 2.70. The SMILES string of the molecule is C/C=C1/[C@@H]2C[C@H]3C4=Nc5ccccc5[C@]45C[C@@H]([C@H]2[C@H]5OC(C)=O)[NH+]3[C@H]1O. The Morgan fingerprint density at radius 1 is 1.42 bits per heavy atom. The molecule has 1 spiro atoms. The normalized spacial score (nSPS) is 47.7. The molecule has 7 rings (SSSR count). The number of aliphatic hydroxyl groups is 1. The maximum absolute atomic E-state index is 12.0. The summed E-state index contributed by atoms with van der Waals surface area (Å²) in [4.78, 5) is 18.3. The number of benzene rings is 1. The minimum Gasteiger partial charge on any atom is -0.461 e. The molecule has 8 atom stereocenters. The topological polar surface area (TPSA) is 63.3 Å². The molecule has 0 amide bonds. The van der Waals surface area contributed by atoms with Gasteiger partial charge in [0.15, 0.2) is 0 Å². The van der Waals surface area contributed by atoms with E-state index in [9.17, 15) is 9.90 Å². The minimum atomic E-state index is -0.453. The third-order valence-corrected chi connectivity index (χ3v) is 7.73. The lowest BCUT2D eigenvalue weighted by atomic mass is 9.66. The van der Waals surface area contributed by atoms with Crippen LogP contribution in [0.2, 0.25) is 0 Å². The summed E-state index contributed by atoms with van der Waals surface area (Å²) in [5, 5.41) is 11.0. The number of hydrogen-bond donors (Lipinski definition) is 2. The van der Waals surface area contributed by atoms with Gasteiger partial charge in [-0.05, 0) is 18.6 Å². The van der Waals surface area contributed by atoms with Gasteiger partial charge in [-0.3, -0.25) is 14.7 Å². The summed E-state index contributed by atoms with van der Waals surface area (Å²) >= 11 is 0. The van der Waals surface area contributed by atoms with E-state index >= 15 is 0 Å². The lowest BCUT2D eigenvalue weighted by Crippen LogP contribution is -3.27. The molecule has 5 nitrogen and oxygen atoms in total. The largest absolute Gasteiger partial charge is 0.461 e. The van der Waals surface area contributed by atoms with Crippen LogP contribution < -0.4 is 4.90 Å². The Bertz CT molecular complexity index is 906. The summed E-state index contributed by atoms with van der Waals surface area (Å²) in [7, 11) is 0. The van der Waals surface area contributed by atoms with Gasteiger partial charge in [-0.15, -0.1) is 0 Å². The molecule has 1 unspecified atom stereocenters. The van der Waals surface area contributed by atoms with Crippen LogP contribution in [-0.4, -0.2) is 41.2 Å². The number of aliphatic hydroxyl groups excluding tert-OH is 1. The summed E-state index contributed by atoms with van der Waals surface area (Å²) in [5.41, 5.74) is 4.22. The number of quaternary nitrogens is 1. The van der Waals surface area contributed by atoms with Crippen molar-refractivity contribution >= 4 is 17.4 Å². The van der Waals surface area contributed by atoms with Gasteiger partial charge in [-0.1, -0.05) is 24.3 Å². The van der Waals surface area contributed by atoms with Gasteiger partial charge < -0.3 is 9.84 Å². The number of aliphatic imine (C=N–C) groups is 1. The molecule has 5 heteroatoms. The fourth-order valence-electron chi connectivity index (χ4n) is 7.14. The maximum atomic E-state index is 12.0. The first-order valence-electron chi connectivity index (χ1n) is 9.64. The molecule has 5 aliphatic heterocycles. The fraction of sp³-hybridized carbons (Fsp3) is 0.524. The lowest BCUT2D eigenvalue weighted by molar-refractivity contribution is -0.996. The minimum absolute atomic E-state index is 0.178. The standard InChI is InChI=1S/C21H22N2O3/c1-3-11-12-8-15-18-21(13-6-4-5-7-14(13)22-18)9-16(23(15)20(11)25)17(12)19(21)26-10(2)24/h3-7,12,15-17,19-20,25H,8-9H2,1-2H3/p+1/b11-3-/t12-,15-,16-,17-,19+,20-,21+/m0/s1. The third kappa shape index (κ3) is 1.45. The van der Waals surface area contributed by atoms with Crippen LogP contribution in [0.15, 0.2) is 40.9 Å². The van der Waals surface area contributed by atoms with Crippen LogP contribution in [0.1, 0.15) is 32.3 Å². The first kappa shape index (κ1) is 15.1. The predicted molar refractivity (Wildman–Crippen MR) is 95.3 cm³/mol. The average Bonchev–Trinajstić information content (AvgIpc) is 3.08. The van der Waals surface area contributed by atoms with Crippen molar-refractivity contribution in [2.45, 2.75) is 56.5 Å². The van der Waals surface area contributed by atoms with Gasteiger partial charge in [0.1, 0.15) is 12.1 Å². The highest BCUT2D eigenvalue weighted by Gasteiger charge is 2.77. The van der Waals surface area contributed by atoms with Gasteiger partial charge in [-0.2, -0.15) is 0 Å². The molecule has 6 aliphatic rings. The molecule has 4 saturated heterocycles. The molecular weight excluding hydrogens is 328 g/mol. The van der Waals surface area contributed by atoms with Gasteiger partial charge in [0.05, 0.1) is 28.8 Å².